The van der Waals surface area contributed by atoms with E-state index in [1.807, 2.05) is 0 Å². The van der Waals surface area contributed by atoms with Gasteiger partial charge in [0.05, 0.1) is 11.3 Å². The minimum atomic E-state index is -3.74. The predicted octanol–water partition coefficient (Wildman–Crippen LogP) is 1.05. The number of anilines is 1. The first-order valence-corrected chi connectivity index (χ1v) is 7.53. The molecule has 1 fully saturated rings. The summed E-state index contributed by atoms with van der Waals surface area (Å²) in [6.45, 7) is 0.347. The van der Waals surface area contributed by atoms with Crippen molar-refractivity contribution >= 4 is 15.7 Å². The third kappa shape index (κ3) is 3.01. The van der Waals surface area contributed by atoms with E-state index in [2.05, 4.69) is 5.32 Å². The number of hydrogen-bond acceptors (Lipinski definition) is 4. The molecule has 100 valence electrons. The van der Waals surface area contributed by atoms with Crippen LogP contribution >= 0.6 is 0 Å². The summed E-state index contributed by atoms with van der Waals surface area (Å²) >= 11 is 0. The van der Waals surface area contributed by atoms with Crippen LogP contribution in [-0.2, 0) is 10.0 Å². The van der Waals surface area contributed by atoms with Crippen molar-refractivity contribution in [2.24, 2.45) is 5.14 Å². The van der Waals surface area contributed by atoms with E-state index in [1.54, 1.807) is 18.2 Å². The topological polar surface area (TPSA) is 92.4 Å². The van der Waals surface area contributed by atoms with E-state index in [0.29, 0.717) is 12.2 Å². The largest absolute Gasteiger partial charge is 0.388 e. The minimum Gasteiger partial charge on any atom is -0.388 e. The maximum absolute atomic E-state index is 11.4. The average Bonchev–Trinajstić information content (AvgIpc) is 2.73. The van der Waals surface area contributed by atoms with Gasteiger partial charge in [-0.3, -0.25) is 0 Å². The van der Waals surface area contributed by atoms with E-state index in [9.17, 15) is 13.5 Å². The van der Waals surface area contributed by atoms with Crippen molar-refractivity contribution in [3.8, 4) is 0 Å². The molecule has 0 atom stereocenters. The zero-order valence-corrected chi connectivity index (χ0v) is 10.9. The molecule has 0 radical (unpaired) electrons. The van der Waals surface area contributed by atoms with Gasteiger partial charge in [-0.25, -0.2) is 13.6 Å². The Morgan fingerprint density at radius 1 is 1.28 bits per heavy atom. The fraction of sp³-hybridized carbons (Fsp3) is 0.500. The average molecular weight is 270 g/mol. The zero-order valence-electron chi connectivity index (χ0n) is 10.1. The quantitative estimate of drug-likeness (QED) is 0.762. The Balaban J connectivity index is 2.15. The fourth-order valence-corrected chi connectivity index (χ4v) is 3.05. The lowest BCUT2D eigenvalue weighted by Crippen LogP contribution is -2.34. The molecular formula is C12H18N2O3S. The van der Waals surface area contributed by atoms with Crippen molar-refractivity contribution in [2.45, 2.75) is 36.2 Å². The van der Waals surface area contributed by atoms with Crippen molar-refractivity contribution in [1.82, 2.24) is 0 Å². The summed E-state index contributed by atoms with van der Waals surface area (Å²) in [5, 5.41) is 18.3. The Kier molecular flexibility index (Phi) is 3.61. The molecule has 0 aliphatic heterocycles. The first-order valence-electron chi connectivity index (χ1n) is 5.99. The molecule has 1 aliphatic carbocycles. The number of nitrogens with one attached hydrogen (secondary N) is 1. The monoisotopic (exact) mass is 270 g/mol. The van der Waals surface area contributed by atoms with Crippen LogP contribution in [0.5, 0.6) is 0 Å². The third-order valence-electron chi connectivity index (χ3n) is 3.34. The maximum Gasteiger partial charge on any atom is 0.240 e. The third-order valence-corrected chi connectivity index (χ3v) is 4.30. The Labute approximate surface area is 107 Å². The second-order valence-electron chi connectivity index (χ2n) is 4.83. The maximum atomic E-state index is 11.4. The molecule has 2 rings (SSSR count). The zero-order chi connectivity index (χ0) is 13.2. The molecular weight excluding hydrogens is 252 g/mol. The minimum absolute atomic E-state index is 0.0617. The van der Waals surface area contributed by atoms with Crippen LogP contribution in [0.4, 0.5) is 5.69 Å². The van der Waals surface area contributed by atoms with Crippen LogP contribution in [0.2, 0.25) is 0 Å². The molecule has 0 saturated heterocycles. The van der Waals surface area contributed by atoms with Gasteiger partial charge < -0.3 is 10.4 Å². The summed E-state index contributed by atoms with van der Waals surface area (Å²) in [6, 6.07) is 6.46. The fourth-order valence-electron chi connectivity index (χ4n) is 2.33. The molecule has 0 heterocycles. The molecule has 0 spiro atoms. The number of para-hydroxylation sites is 1. The molecule has 1 saturated carbocycles. The van der Waals surface area contributed by atoms with Crippen LogP contribution < -0.4 is 10.5 Å². The number of sulfonamides is 1. The highest BCUT2D eigenvalue weighted by molar-refractivity contribution is 7.89. The predicted molar refractivity (Wildman–Crippen MR) is 69.7 cm³/mol. The van der Waals surface area contributed by atoms with Crippen LogP contribution in [0.15, 0.2) is 29.2 Å². The molecule has 1 aromatic carbocycles. The Morgan fingerprint density at radius 3 is 2.50 bits per heavy atom. The smallest absolute Gasteiger partial charge is 0.240 e. The standard InChI is InChI=1S/C12H18N2O3S/c13-18(16,17)11-6-2-1-5-10(11)14-9-12(15)7-3-4-8-12/h1-2,5-6,14-15H,3-4,7-9H2,(H2,13,16,17). The molecule has 1 aromatic rings. The number of benzene rings is 1. The molecule has 0 aromatic heterocycles. The molecule has 0 bridgehead atoms. The molecule has 0 unspecified atom stereocenters. The second kappa shape index (κ2) is 4.87. The number of rotatable bonds is 4. The number of hydrogen-bond donors (Lipinski definition) is 3. The van der Waals surface area contributed by atoms with Gasteiger partial charge >= 0.3 is 0 Å². The number of nitrogens with two attached hydrogens (primary N) is 1. The normalized spacial score (nSPS) is 18.8. The lowest BCUT2D eigenvalue weighted by atomic mass is 10.0. The molecule has 0 amide bonds. The van der Waals surface area contributed by atoms with E-state index in [0.717, 1.165) is 25.7 Å². The van der Waals surface area contributed by atoms with Crippen LogP contribution in [0, 0.1) is 0 Å². The van der Waals surface area contributed by atoms with Gasteiger partial charge in [0.1, 0.15) is 4.90 Å². The molecule has 5 nitrogen and oxygen atoms in total. The van der Waals surface area contributed by atoms with E-state index >= 15 is 0 Å². The number of aliphatic hydroxyl groups is 1. The van der Waals surface area contributed by atoms with Gasteiger partial charge in [0, 0.05) is 6.54 Å². The summed E-state index contributed by atoms with van der Waals surface area (Å²) < 4.78 is 22.8. The molecule has 18 heavy (non-hydrogen) atoms. The SMILES string of the molecule is NS(=O)(=O)c1ccccc1NCC1(O)CCCC1. The summed E-state index contributed by atoms with van der Waals surface area (Å²) in [5.74, 6) is 0. The second-order valence-corrected chi connectivity index (χ2v) is 6.36. The first kappa shape index (κ1) is 13.3. The van der Waals surface area contributed by atoms with Crippen molar-refractivity contribution < 1.29 is 13.5 Å². The van der Waals surface area contributed by atoms with Gasteiger partial charge in [0.2, 0.25) is 10.0 Å². The van der Waals surface area contributed by atoms with Gasteiger partial charge in [0.25, 0.3) is 0 Å². The lowest BCUT2D eigenvalue weighted by molar-refractivity contribution is 0.0614. The highest BCUT2D eigenvalue weighted by Crippen LogP contribution is 2.30. The Morgan fingerprint density at radius 2 is 1.89 bits per heavy atom. The molecule has 1 aliphatic rings. The number of primary sulfonamides is 1. The van der Waals surface area contributed by atoms with Crippen LogP contribution in [0.1, 0.15) is 25.7 Å². The highest BCUT2D eigenvalue weighted by atomic mass is 32.2. The summed E-state index contributed by atoms with van der Waals surface area (Å²) in [7, 11) is -3.74. The highest BCUT2D eigenvalue weighted by Gasteiger charge is 2.31. The lowest BCUT2D eigenvalue weighted by Gasteiger charge is -2.23. The summed E-state index contributed by atoms with van der Waals surface area (Å²) in [4.78, 5) is 0.0617. The van der Waals surface area contributed by atoms with E-state index < -0.39 is 15.6 Å². The Hall–Kier alpha value is -1.11. The van der Waals surface area contributed by atoms with E-state index in [4.69, 9.17) is 5.14 Å². The van der Waals surface area contributed by atoms with Gasteiger partial charge in [-0.15, -0.1) is 0 Å². The van der Waals surface area contributed by atoms with Gasteiger partial charge in [-0.1, -0.05) is 25.0 Å². The van der Waals surface area contributed by atoms with Gasteiger partial charge in [-0.05, 0) is 25.0 Å². The van der Waals surface area contributed by atoms with Crippen LogP contribution in [0.3, 0.4) is 0 Å². The van der Waals surface area contributed by atoms with Crippen LogP contribution in [0.25, 0.3) is 0 Å². The van der Waals surface area contributed by atoms with Gasteiger partial charge in [-0.2, -0.15) is 0 Å². The van der Waals surface area contributed by atoms with Crippen molar-refractivity contribution in [3.63, 3.8) is 0 Å². The first-order chi connectivity index (χ1) is 8.41. The van der Waals surface area contributed by atoms with Crippen LogP contribution in [-0.4, -0.2) is 25.7 Å². The molecule has 4 N–H and O–H groups in total. The summed E-state index contributed by atoms with van der Waals surface area (Å²) in [6.07, 6.45) is 3.51. The van der Waals surface area contributed by atoms with Crippen molar-refractivity contribution in [3.05, 3.63) is 24.3 Å². The van der Waals surface area contributed by atoms with E-state index in [1.165, 1.54) is 6.07 Å². The van der Waals surface area contributed by atoms with Crippen molar-refractivity contribution in [1.29, 1.82) is 0 Å². The summed E-state index contributed by atoms with van der Waals surface area (Å²) in [5.41, 5.74) is -0.286. The van der Waals surface area contributed by atoms with Crippen molar-refractivity contribution in [2.75, 3.05) is 11.9 Å². The Bertz CT molecular complexity index is 522. The van der Waals surface area contributed by atoms with Gasteiger partial charge in [0.15, 0.2) is 0 Å². The molecule has 6 heteroatoms. The van der Waals surface area contributed by atoms with E-state index in [-0.39, 0.29) is 4.90 Å².